The molecule has 0 aliphatic heterocycles. The third-order valence-electron chi connectivity index (χ3n) is 2.58. The summed E-state index contributed by atoms with van der Waals surface area (Å²) in [6.45, 7) is 2.08. The summed E-state index contributed by atoms with van der Waals surface area (Å²) in [5, 5.41) is 8.81. The fraction of sp³-hybridized carbons (Fsp3) is 0.889. The molecule has 0 aromatic heterocycles. The maximum Gasteiger partial charge on any atom is 0.306 e. The quantitative estimate of drug-likeness (QED) is 0.687. The van der Waals surface area contributed by atoms with E-state index >= 15 is 0 Å². The van der Waals surface area contributed by atoms with Crippen LogP contribution in [0.2, 0.25) is 0 Å². The van der Waals surface area contributed by atoms with Crippen LogP contribution in [-0.4, -0.2) is 24.3 Å². The smallest absolute Gasteiger partial charge is 0.306 e. The Kier molecular flexibility index (Phi) is 3.09. The highest BCUT2D eigenvalue weighted by Crippen LogP contribution is 2.30. The highest BCUT2D eigenvalue weighted by Gasteiger charge is 2.30. The fourth-order valence-corrected chi connectivity index (χ4v) is 1.93. The van der Waals surface area contributed by atoms with E-state index < -0.39 is 5.97 Å². The average Bonchev–Trinajstić information content (AvgIpc) is 2.03. The van der Waals surface area contributed by atoms with Crippen LogP contribution in [0.15, 0.2) is 0 Å². The number of rotatable bonds is 2. The second-order valence-electron chi connectivity index (χ2n) is 3.71. The summed E-state index contributed by atoms with van der Waals surface area (Å²) in [5.74, 6) is -0.396. The van der Waals surface area contributed by atoms with Crippen molar-refractivity contribution in [3.05, 3.63) is 0 Å². The predicted octanol–water partition coefficient (Wildman–Crippen LogP) is 1.52. The number of aliphatic carboxylic acids is 1. The summed E-state index contributed by atoms with van der Waals surface area (Å²) >= 11 is 0. The van der Waals surface area contributed by atoms with Crippen molar-refractivity contribution in [1.29, 1.82) is 0 Å². The molecular weight excluding hydrogens is 156 g/mol. The lowest BCUT2D eigenvalue weighted by Gasteiger charge is -2.29. The van der Waals surface area contributed by atoms with E-state index in [1.54, 1.807) is 7.11 Å². The number of carboxylic acid groups (broad SMARTS) is 1. The van der Waals surface area contributed by atoms with Crippen LogP contribution in [0.3, 0.4) is 0 Å². The molecule has 1 fully saturated rings. The first-order valence-electron chi connectivity index (χ1n) is 4.39. The number of hydrogen-bond donors (Lipinski definition) is 1. The average molecular weight is 172 g/mol. The third kappa shape index (κ3) is 2.21. The molecule has 3 unspecified atom stereocenters. The van der Waals surface area contributed by atoms with Crippen LogP contribution in [0.25, 0.3) is 0 Å². The molecule has 1 rings (SSSR count). The van der Waals surface area contributed by atoms with Gasteiger partial charge in [0.25, 0.3) is 0 Å². The van der Waals surface area contributed by atoms with Gasteiger partial charge in [0.2, 0.25) is 0 Å². The Morgan fingerprint density at radius 1 is 1.42 bits per heavy atom. The van der Waals surface area contributed by atoms with Gasteiger partial charge in [-0.1, -0.05) is 6.92 Å². The molecule has 70 valence electrons. The first-order valence-corrected chi connectivity index (χ1v) is 4.39. The Balaban J connectivity index is 2.51. The monoisotopic (exact) mass is 172 g/mol. The predicted molar refractivity (Wildman–Crippen MR) is 44.9 cm³/mol. The molecule has 1 saturated carbocycles. The molecule has 0 aromatic rings. The van der Waals surface area contributed by atoms with Crippen molar-refractivity contribution in [3.63, 3.8) is 0 Å². The van der Waals surface area contributed by atoms with E-state index in [-0.39, 0.29) is 12.0 Å². The Labute approximate surface area is 72.7 Å². The Morgan fingerprint density at radius 3 is 2.58 bits per heavy atom. The Morgan fingerprint density at radius 2 is 2.08 bits per heavy atom. The fourth-order valence-electron chi connectivity index (χ4n) is 1.93. The van der Waals surface area contributed by atoms with Gasteiger partial charge in [-0.15, -0.1) is 0 Å². The molecule has 3 atom stereocenters. The van der Waals surface area contributed by atoms with E-state index in [0.717, 1.165) is 12.8 Å². The van der Waals surface area contributed by atoms with Crippen LogP contribution >= 0.6 is 0 Å². The first-order chi connectivity index (χ1) is 5.63. The standard InChI is InChI=1S/C9H16O3/c1-6-3-7(9(10)11)5-8(4-6)12-2/h6-8H,3-5H2,1-2H3,(H,10,11). The highest BCUT2D eigenvalue weighted by molar-refractivity contribution is 5.70. The summed E-state index contributed by atoms with van der Waals surface area (Å²) in [4.78, 5) is 10.7. The minimum atomic E-state index is -0.677. The molecule has 12 heavy (non-hydrogen) atoms. The first kappa shape index (κ1) is 9.52. The van der Waals surface area contributed by atoms with Crippen LogP contribution in [-0.2, 0) is 9.53 Å². The van der Waals surface area contributed by atoms with Crippen molar-refractivity contribution in [2.75, 3.05) is 7.11 Å². The van der Waals surface area contributed by atoms with E-state index in [1.807, 2.05) is 0 Å². The third-order valence-corrected chi connectivity index (χ3v) is 2.58. The van der Waals surface area contributed by atoms with Crippen molar-refractivity contribution in [3.8, 4) is 0 Å². The van der Waals surface area contributed by atoms with Gasteiger partial charge in [-0.2, -0.15) is 0 Å². The van der Waals surface area contributed by atoms with Gasteiger partial charge in [-0.25, -0.2) is 0 Å². The van der Waals surface area contributed by atoms with Crippen molar-refractivity contribution < 1.29 is 14.6 Å². The summed E-state index contributed by atoms with van der Waals surface area (Å²) < 4.78 is 5.18. The number of hydrogen-bond acceptors (Lipinski definition) is 2. The van der Waals surface area contributed by atoms with Crippen molar-refractivity contribution in [2.45, 2.75) is 32.3 Å². The summed E-state index contributed by atoms with van der Waals surface area (Å²) in [6, 6.07) is 0. The summed E-state index contributed by atoms with van der Waals surface area (Å²) in [5.41, 5.74) is 0. The zero-order valence-electron chi connectivity index (χ0n) is 7.62. The van der Waals surface area contributed by atoms with E-state index in [1.165, 1.54) is 0 Å². The van der Waals surface area contributed by atoms with Gasteiger partial charge in [0.1, 0.15) is 0 Å². The molecule has 1 aliphatic carbocycles. The zero-order valence-corrected chi connectivity index (χ0v) is 7.62. The molecule has 0 bridgehead atoms. The SMILES string of the molecule is COC1CC(C)CC(C(=O)O)C1. The Bertz CT molecular complexity index is 167. The highest BCUT2D eigenvalue weighted by atomic mass is 16.5. The molecule has 0 amide bonds. The molecule has 3 heteroatoms. The zero-order chi connectivity index (χ0) is 9.14. The van der Waals surface area contributed by atoms with Crippen LogP contribution in [0, 0.1) is 11.8 Å². The van der Waals surface area contributed by atoms with Crippen LogP contribution in [0.4, 0.5) is 0 Å². The molecule has 0 heterocycles. The van der Waals surface area contributed by atoms with Crippen LogP contribution in [0.1, 0.15) is 26.2 Å². The lowest BCUT2D eigenvalue weighted by molar-refractivity contribution is -0.145. The molecular formula is C9H16O3. The summed E-state index contributed by atoms with van der Waals surface area (Å²) in [7, 11) is 1.65. The molecule has 0 saturated heterocycles. The largest absolute Gasteiger partial charge is 0.481 e. The van der Waals surface area contributed by atoms with E-state index in [4.69, 9.17) is 9.84 Å². The van der Waals surface area contributed by atoms with E-state index in [9.17, 15) is 4.79 Å². The minimum absolute atomic E-state index is 0.148. The number of carboxylic acids is 1. The molecule has 1 aliphatic rings. The normalized spacial score (nSPS) is 36.3. The van der Waals surface area contributed by atoms with Gasteiger partial charge in [-0.3, -0.25) is 4.79 Å². The van der Waals surface area contributed by atoms with Gasteiger partial charge in [-0.05, 0) is 25.2 Å². The van der Waals surface area contributed by atoms with Crippen molar-refractivity contribution in [2.24, 2.45) is 11.8 Å². The minimum Gasteiger partial charge on any atom is -0.481 e. The topological polar surface area (TPSA) is 46.5 Å². The molecule has 0 spiro atoms. The van der Waals surface area contributed by atoms with Crippen LogP contribution in [0.5, 0.6) is 0 Å². The molecule has 1 N–H and O–H groups in total. The van der Waals surface area contributed by atoms with Crippen molar-refractivity contribution >= 4 is 5.97 Å². The lowest BCUT2D eigenvalue weighted by Crippen LogP contribution is -2.30. The number of ether oxygens (including phenoxy) is 1. The molecule has 0 radical (unpaired) electrons. The second-order valence-corrected chi connectivity index (χ2v) is 3.71. The lowest BCUT2D eigenvalue weighted by atomic mass is 9.81. The number of methoxy groups -OCH3 is 1. The maximum absolute atomic E-state index is 10.7. The van der Waals surface area contributed by atoms with E-state index in [0.29, 0.717) is 12.3 Å². The maximum atomic E-state index is 10.7. The second kappa shape index (κ2) is 3.90. The summed E-state index contributed by atoms with van der Waals surface area (Å²) in [6.07, 6.45) is 2.63. The molecule has 0 aromatic carbocycles. The van der Waals surface area contributed by atoms with Gasteiger partial charge in [0.15, 0.2) is 0 Å². The van der Waals surface area contributed by atoms with Gasteiger partial charge in [0, 0.05) is 7.11 Å². The Hall–Kier alpha value is -0.570. The van der Waals surface area contributed by atoms with E-state index in [2.05, 4.69) is 6.92 Å². The van der Waals surface area contributed by atoms with Gasteiger partial charge in [0.05, 0.1) is 12.0 Å². The van der Waals surface area contributed by atoms with Gasteiger partial charge < -0.3 is 9.84 Å². The van der Waals surface area contributed by atoms with Crippen molar-refractivity contribution in [1.82, 2.24) is 0 Å². The van der Waals surface area contributed by atoms with Gasteiger partial charge >= 0.3 is 5.97 Å². The van der Waals surface area contributed by atoms with Crippen LogP contribution < -0.4 is 0 Å². The molecule has 3 nitrogen and oxygen atoms in total. The number of carbonyl (C=O) groups is 1.